The van der Waals surface area contributed by atoms with Crippen LogP contribution in [0.4, 0.5) is 4.39 Å². The summed E-state index contributed by atoms with van der Waals surface area (Å²) in [4.78, 5) is 14.2. The third kappa shape index (κ3) is 4.69. The van der Waals surface area contributed by atoms with Gasteiger partial charge in [0.15, 0.2) is 21.4 Å². The molecule has 0 bridgehead atoms. The van der Waals surface area contributed by atoms with Crippen LogP contribution >= 0.6 is 0 Å². The maximum Gasteiger partial charge on any atom is 0.223 e. The number of rotatable bonds is 7. The summed E-state index contributed by atoms with van der Waals surface area (Å²) < 4.78 is 41.9. The zero-order chi connectivity index (χ0) is 17.7. The van der Waals surface area contributed by atoms with E-state index in [1.165, 1.54) is 13.2 Å². The van der Waals surface area contributed by atoms with Gasteiger partial charge in [0.2, 0.25) is 5.91 Å². The van der Waals surface area contributed by atoms with E-state index in [0.29, 0.717) is 19.4 Å². The Balaban J connectivity index is 1.99. The van der Waals surface area contributed by atoms with Crippen molar-refractivity contribution in [3.05, 3.63) is 29.6 Å². The van der Waals surface area contributed by atoms with Gasteiger partial charge in [0.25, 0.3) is 0 Å². The molecule has 1 heterocycles. The highest BCUT2D eigenvalue weighted by molar-refractivity contribution is 7.91. The average molecular weight is 357 g/mol. The SMILES string of the molecule is CCCN(C(=O)CCc1ccc(OC)c(F)c1)C1CCS(=O)(=O)C1. The van der Waals surface area contributed by atoms with Crippen LogP contribution in [0.1, 0.15) is 31.7 Å². The van der Waals surface area contributed by atoms with Gasteiger partial charge in [0.1, 0.15) is 0 Å². The second kappa shape index (κ2) is 7.96. The molecule has 1 aromatic rings. The molecule has 1 saturated heterocycles. The third-order valence-corrected chi connectivity index (χ3v) is 6.03. The van der Waals surface area contributed by atoms with Crippen LogP contribution in [0.3, 0.4) is 0 Å². The van der Waals surface area contributed by atoms with Crippen molar-refractivity contribution in [1.82, 2.24) is 4.90 Å². The molecule has 0 N–H and O–H groups in total. The van der Waals surface area contributed by atoms with Crippen molar-refractivity contribution in [3.8, 4) is 5.75 Å². The molecular weight excluding hydrogens is 333 g/mol. The van der Waals surface area contributed by atoms with Crippen LogP contribution in [-0.4, -0.2) is 50.4 Å². The van der Waals surface area contributed by atoms with Gasteiger partial charge in [0.05, 0.1) is 18.6 Å². The van der Waals surface area contributed by atoms with E-state index in [1.807, 2.05) is 6.92 Å². The van der Waals surface area contributed by atoms with Crippen molar-refractivity contribution in [2.24, 2.45) is 0 Å². The Morgan fingerprint density at radius 3 is 2.71 bits per heavy atom. The molecule has 0 spiro atoms. The average Bonchev–Trinajstić information content (AvgIpc) is 2.90. The number of carbonyl (C=O) groups is 1. The minimum absolute atomic E-state index is 0.0515. The van der Waals surface area contributed by atoms with Crippen LogP contribution in [0.5, 0.6) is 5.75 Å². The largest absolute Gasteiger partial charge is 0.494 e. The predicted octanol–water partition coefficient (Wildman–Crippen LogP) is 2.19. The Hall–Kier alpha value is -1.63. The van der Waals surface area contributed by atoms with E-state index in [0.717, 1.165) is 12.0 Å². The van der Waals surface area contributed by atoms with Crippen molar-refractivity contribution in [2.45, 2.75) is 38.6 Å². The maximum absolute atomic E-state index is 13.7. The zero-order valence-corrected chi connectivity index (χ0v) is 14.9. The fourth-order valence-corrected chi connectivity index (χ4v) is 4.76. The van der Waals surface area contributed by atoms with E-state index in [9.17, 15) is 17.6 Å². The van der Waals surface area contributed by atoms with Crippen LogP contribution in [-0.2, 0) is 21.1 Å². The fourth-order valence-electron chi connectivity index (χ4n) is 3.03. The lowest BCUT2D eigenvalue weighted by atomic mass is 10.1. The Morgan fingerprint density at radius 2 is 2.17 bits per heavy atom. The van der Waals surface area contributed by atoms with E-state index in [2.05, 4.69) is 0 Å². The first-order valence-corrected chi connectivity index (χ1v) is 10.0. The van der Waals surface area contributed by atoms with Crippen LogP contribution < -0.4 is 4.74 Å². The van der Waals surface area contributed by atoms with Crippen LogP contribution in [0, 0.1) is 5.82 Å². The first-order valence-electron chi connectivity index (χ1n) is 8.18. The van der Waals surface area contributed by atoms with Crippen molar-refractivity contribution in [2.75, 3.05) is 25.2 Å². The lowest BCUT2D eigenvalue weighted by molar-refractivity contribution is -0.133. The molecule has 0 aromatic heterocycles. The van der Waals surface area contributed by atoms with Gasteiger partial charge >= 0.3 is 0 Å². The summed E-state index contributed by atoms with van der Waals surface area (Å²) in [6.45, 7) is 2.51. The molecular formula is C17H24FNO4S. The molecule has 134 valence electrons. The molecule has 0 aliphatic carbocycles. The number of halogens is 1. The van der Waals surface area contributed by atoms with E-state index < -0.39 is 15.7 Å². The molecule has 7 heteroatoms. The van der Waals surface area contributed by atoms with Gasteiger partial charge in [-0.3, -0.25) is 4.79 Å². The second-order valence-electron chi connectivity index (χ2n) is 6.11. The smallest absolute Gasteiger partial charge is 0.223 e. The minimum atomic E-state index is -3.03. The Morgan fingerprint density at radius 1 is 1.42 bits per heavy atom. The molecule has 1 aromatic carbocycles. The van der Waals surface area contributed by atoms with Crippen molar-refractivity contribution >= 4 is 15.7 Å². The van der Waals surface area contributed by atoms with Crippen molar-refractivity contribution in [3.63, 3.8) is 0 Å². The molecule has 1 fully saturated rings. The van der Waals surface area contributed by atoms with Gasteiger partial charge in [-0.2, -0.15) is 0 Å². The summed E-state index contributed by atoms with van der Waals surface area (Å²) >= 11 is 0. The lowest BCUT2D eigenvalue weighted by Gasteiger charge is -2.28. The Labute approximate surface area is 142 Å². The summed E-state index contributed by atoms with van der Waals surface area (Å²) in [5.74, 6) is -0.149. The van der Waals surface area contributed by atoms with Gasteiger partial charge in [-0.1, -0.05) is 13.0 Å². The number of sulfone groups is 1. The topological polar surface area (TPSA) is 63.7 Å². The highest BCUT2D eigenvalue weighted by Crippen LogP contribution is 2.21. The predicted molar refractivity (Wildman–Crippen MR) is 90.3 cm³/mol. The molecule has 1 amide bonds. The Kier molecular flexibility index (Phi) is 6.21. The number of ether oxygens (including phenoxy) is 1. The number of carbonyl (C=O) groups excluding carboxylic acids is 1. The third-order valence-electron chi connectivity index (χ3n) is 4.28. The minimum Gasteiger partial charge on any atom is -0.494 e. The van der Waals surface area contributed by atoms with Gasteiger partial charge in [-0.15, -0.1) is 0 Å². The number of benzene rings is 1. The van der Waals surface area contributed by atoms with E-state index in [-0.39, 0.29) is 35.6 Å². The van der Waals surface area contributed by atoms with E-state index >= 15 is 0 Å². The van der Waals surface area contributed by atoms with Crippen LogP contribution in [0.15, 0.2) is 18.2 Å². The van der Waals surface area contributed by atoms with Crippen LogP contribution in [0.25, 0.3) is 0 Å². The second-order valence-corrected chi connectivity index (χ2v) is 8.34. The van der Waals surface area contributed by atoms with Gasteiger partial charge in [0, 0.05) is 19.0 Å². The van der Waals surface area contributed by atoms with Crippen molar-refractivity contribution in [1.29, 1.82) is 0 Å². The molecule has 1 aliphatic heterocycles. The number of nitrogens with zero attached hydrogens (tertiary/aromatic N) is 1. The summed E-state index contributed by atoms with van der Waals surface area (Å²) in [5, 5.41) is 0. The molecule has 24 heavy (non-hydrogen) atoms. The maximum atomic E-state index is 13.7. The molecule has 0 radical (unpaired) electrons. The van der Waals surface area contributed by atoms with Crippen LogP contribution in [0.2, 0.25) is 0 Å². The summed E-state index contributed by atoms with van der Waals surface area (Å²) in [5.41, 5.74) is 0.720. The molecule has 5 nitrogen and oxygen atoms in total. The fraction of sp³-hybridized carbons (Fsp3) is 0.588. The van der Waals surface area contributed by atoms with Gasteiger partial charge < -0.3 is 9.64 Å². The quantitative estimate of drug-likeness (QED) is 0.750. The lowest BCUT2D eigenvalue weighted by Crippen LogP contribution is -2.41. The highest BCUT2D eigenvalue weighted by atomic mass is 32.2. The van der Waals surface area contributed by atoms with Gasteiger partial charge in [-0.25, -0.2) is 12.8 Å². The zero-order valence-electron chi connectivity index (χ0n) is 14.1. The van der Waals surface area contributed by atoms with Crippen molar-refractivity contribution < 1.29 is 22.3 Å². The molecule has 2 rings (SSSR count). The normalized spacial score (nSPS) is 19.2. The standard InChI is InChI=1S/C17H24FNO4S/c1-3-9-19(14-8-10-24(21,22)12-14)17(20)7-5-13-4-6-16(23-2)15(18)11-13/h4,6,11,14H,3,5,7-10,12H2,1-2H3. The monoisotopic (exact) mass is 357 g/mol. The first-order chi connectivity index (χ1) is 11.4. The number of amides is 1. The van der Waals surface area contributed by atoms with E-state index in [1.54, 1.807) is 17.0 Å². The summed E-state index contributed by atoms with van der Waals surface area (Å²) in [6.07, 6.45) is 1.94. The molecule has 1 atom stereocenters. The molecule has 0 saturated carbocycles. The highest BCUT2D eigenvalue weighted by Gasteiger charge is 2.33. The molecule has 1 aliphatic rings. The van der Waals surface area contributed by atoms with Gasteiger partial charge in [-0.05, 0) is 37.0 Å². The number of hydrogen-bond donors (Lipinski definition) is 0. The van der Waals surface area contributed by atoms with E-state index in [4.69, 9.17) is 4.74 Å². The molecule has 1 unspecified atom stereocenters. The summed E-state index contributed by atoms with van der Waals surface area (Å²) in [7, 11) is -1.63. The number of methoxy groups -OCH3 is 1. The number of hydrogen-bond acceptors (Lipinski definition) is 4. The summed E-state index contributed by atoms with van der Waals surface area (Å²) in [6, 6.07) is 4.42. The first kappa shape index (κ1) is 18.7. The number of aryl methyl sites for hydroxylation is 1. The Bertz CT molecular complexity index is 690.